The fourth-order valence-electron chi connectivity index (χ4n) is 2.35. The second-order valence-electron chi connectivity index (χ2n) is 4.22. The molecule has 0 saturated heterocycles. The zero-order valence-electron chi connectivity index (χ0n) is 8.84. The third-order valence-corrected chi connectivity index (χ3v) is 3.24. The van der Waals surface area contributed by atoms with Gasteiger partial charge in [0.25, 0.3) is 0 Å². The SMILES string of the molecule is CC#CCC(N)C1CCCCC1C. The van der Waals surface area contributed by atoms with Crippen molar-refractivity contribution >= 4 is 0 Å². The number of rotatable bonds is 2. The summed E-state index contributed by atoms with van der Waals surface area (Å²) in [6.07, 6.45) is 6.31. The first-order valence-electron chi connectivity index (χ1n) is 5.41. The molecule has 1 aliphatic carbocycles. The van der Waals surface area contributed by atoms with Gasteiger partial charge in [0.15, 0.2) is 0 Å². The number of hydrogen-bond acceptors (Lipinski definition) is 1. The van der Waals surface area contributed by atoms with Crippen molar-refractivity contribution in [1.82, 2.24) is 0 Å². The molecule has 1 aliphatic rings. The van der Waals surface area contributed by atoms with Gasteiger partial charge in [-0.2, -0.15) is 0 Å². The van der Waals surface area contributed by atoms with Crippen molar-refractivity contribution < 1.29 is 0 Å². The highest BCUT2D eigenvalue weighted by Gasteiger charge is 2.25. The molecule has 3 unspecified atom stereocenters. The highest BCUT2D eigenvalue weighted by atomic mass is 14.7. The molecule has 0 bridgehead atoms. The largest absolute Gasteiger partial charge is 0.327 e. The van der Waals surface area contributed by atoms with Crippen LogP contribution in [0.4, 0.5) is 0 Å². The monoisotopic (exact) mass is 179 g/mol. The Morgan fingerprint density at radius 1 is 1.38 bits per heavy atom. The van der Waals surface area contributed by atoms with Gasteiger partial charge in [-0.05, 0) is 25.2 Å². The molecule has 74 valence electrons. The fourth-order valence-corrected chi connectivity index (χ4v) is 2.35. The lowest BCUT2D eigenvalue weighted by Crippen LogP contribution is -2.35. The molecule has 0 aromatic rings. The predicted octanol–water partition coefficient (Wildman–Crippen LogP) is 2.55. The van der Waals surface area contributed by atoms with Gasteiger partial charge in [-0.1, -0.05) is 26.2 Å². The summed E-state index contributed by atoms with van der Waals surface area (Å²) in [5.41, 5.74) is 6.12. The van der Waals surface area contributed by atoms with Crippen molar-refractivity contribution in [3.8, 4) is 11.8 Å². The molecule has 1 saturated carbocycles. The van der Waals surface area contributed by atoms with Crippen LogP contribution in [0.1, 0.15) is 46.0 Å². The van der Waals surface area contributed by atoms with E-state index < -0.39 is 0 Å². The Morgan fingerprint density at radius 3 is 2.69 bits per heavy atom. The molecule has 1 fully saturated rings. The standard InChI is InChI=1S/C12H21N/c1-3-4-9-12(13)11-8-6-5-7-10(11)2/h10-12H,5-9,13H2,1-2H3. The third-order valence-electron chi connectivity index (χ3n) is 3.24. The smallest absolute Gasteiger partial charge is 0.0243 e. The van der Waals surface area contributed by atoms with Gasteiger partial charge >= 0.3 is 0 Å². The second kappa shape index (κ2) is 5.29. The van der Waals surface area contributed by atoms with Crippen LogP contribution < -0.4 is 5.73 Å². The topological polar surface area (TPSA) is 26.0 Å². The van der Waals surface area contributed by atoms with Crippen LogP contribution in [-0.4, -0.2) is 6.04 Å². The second-order valence-corrected chi connectivity index (χ2v) is 4.22. The van der Waals surface area contributed by atoms with E-state index in [1.807, 2.05) is 6.92 Å². The summed E-state index contributed by atoms with van der Waals surface area (Å²) < 4.78 is 0. The minimum Gasteiger partial charge on any atom is -0.327 e. The first-order valence-corrected chi connectivity index (χ1v) is 5.41. The first-order chi connectivity index (χ1) is 6.25. The van der Waals surface area contributed by atoms with Crippen molar-refractivity contribution in [2.24, 2.45) is 17.6 Å². The van der Waals surface area contributed by atoms with E-state index >= 15 is 0 Å². The van der Waals surface area contributed by atoms with Crippen LogP contribution in [-0.2, 0) is 0 Å². The van der Waals surface area contributed by atoms with E-state index in [1.54, 1.807) is 0 Å². The van der Waals surface area contributed by atoms with Crippen molar-refractivity contribution in [3.63, 3.8) is 0 Å². The van der Waals surface area contributed by atoms with E-state index in [2.05, 4.69) is 18.8 Å². The molecule has 1 heteroatoms. The van der Waals surface area contributed by atoms with Crippen LogP contribution in [0.5, 0.6) is 0 Å². The summed E-state index contributed by atoms with van der Waals surface area (Å²) in [6, 6.07) is 0.308. The van der Waals surface area contributed by atoms with Crippen molar-refractivity contribution in [1.29, 1.82) is 0 Å². The maximum absolute atomic E-state index is 6.12. The van der Waals surface area contributed by atoms with Gasteiger partial charge < -0.3 is 5.73 Å². The molecular weight excluding hydrogens is 158 g/mol. The Bertz CT molecular complexity index is 199. The number of nitrogens with two attached hydrogens (primary N) is 1. The van der Waals surface area contributed by atoms with Crippen molar-refractivity contribution in [3.05, 3.63) is 0 Å². The third kappa shape index (κ3) is 3.04. The first kappa shape index (κ1) is 10.6. The van der Waals surface area contributed by atoms with E-state index in [0.29, 0.717) is 6.04 Å². The van der Waals surface area contributed by atoms with Crippen molar-refractivity contribution in [2.75, 3.05) is 0 Å². The van der Waals surface area contributed by atoms with Crippen LogP contribution in [0.3, 0.4) is 0 Å². The summed E-state index contributed by atoms with van der Waals surface area (Å²) in [5, 5.41) is 0. The van der Waals surface area contributed by atoms with Crippen molar-refractivity contribution in [2.45, 2.75) is 52.0 Å². The molecular formula is C12H21N. The van der Waals surface area contributed by atoms with E-state index in [1.165, 1.54) is 25.7 Å². The van der Waals surface area contributed by atoms with E-state index in [9.17, 15) is 0 Å². The zero-order chi connectivity index (χ0) is 9.68. The molecule has 13 heavy (non-hydrogen) atoms. The predicted molar refractivity (Wildman–Crippen MR) is 57.2 cm³/mol. The van der Waals surface area contributed by atoms with Crippen LogP contribution in [0, 0.1) is 23.7 Å². The molecule has 1 rings (SSSR count). The lowest BCUT2D eigenvalue weighted by molar-refractivity contribution is 0.219. The van der Waals surface area contributed by atoms with Gasteiger partial charge in [0.05, 0.1) is 0 Å². The lowest BCUT2D eigenvalue weighted by atomic mass is 9.76. The molecule has 0 aliphatic heterocycles. The maximum Gasteiger partial charge on any atom is 0.0243 e. The Labute approximate surface area is 82.1 Å². The summed E-state index contributed by atoms with van der Waals surface area (Å²) in [7, 11) is 0. The molecule has 0 heterocycles. The van der Waals surface area contributed by atoms with Gasteiger partial charge in [0.1, 0.15) is 0 Å². The summed E-state index contributed by atoms with van der Waals surface area (Å²) >= 11 is 0. The highest BCUT2D eigenvalue weighted by molar-refractivity contribution is 4.99. The summed E-state index contributed by atoms with van der Waals surface area (Å²) in [5.74, 6) is 7.54. The van der Waals surface area contributed by atoms with Gasteiger partial charge in [-0.15, -0.1) is 11.8 Å². The lowest BCUT2D eigenvalue weighted by Gasteiger charge is -2.32. The van der Waals surface area contributed by atoms with E-state index in [0.717, 1.165) is 18.3 Å². The van der Waals surface area contributed by atoms with Gasteiger partial charge in [0.2, 0.25) is 0 Å². The molecule has 3 atom stereocenters. The van der Waals surface area contributed by atoms with Crippen LogP contribution in [0.25, 0.3) is 0 Å². The maximum atomic E-state index is 6.12. The quantitative estimate of drug-likeness (QED) is 0.648. The molecule has 0 aromatic heterocycles. The van der Waals surface area contributed by atoms with E-state index in [4.69, 9.17) is 5.73 Å². The Hall–Kier alpha value is -0.480. The Balaban J connectivity index is 2.41. The molecule has 1 nitrogen and oxygen atoms in total. The van der Waals surface area contributed by atoms with Crippen LogP contribution >= 0.6 is 0 Å². The van der Waals surface area contributed by atoms with Gasteiger partial charge in [-0.3, -0.25) is 0 Å². The van der Waals surface area contributed by atoms with Crippen LogP contribution in [0.15, 0.2) is 0 Å². The molecule has 0 amide bonds. The van der Waals surface area contributed by atoms with Crippen LogP contribution in [0.2, 0.25) is 0 Å². The number of hydrogen-bond donors (Lipinski definition) is 1. The van der Waals surface area contributed by atoms with Gasteiger partial charge in [-0.25, -0.2) is 0 Å². The average molecular weight is 179 g/mol. The molecule has 0 aromatic carbocycles. The van der Waals surface area contributed by atoms with E-state index in [-0.39, 0.29) is 0 Å². The Kier molecular flexibility index (Phi) is 4.32. The minimum atomic E-state index is 0.308. The Morgan fingerprint density at radius 2 is 2.08 bits per heavy atom. The molecule has 0 radical (unpaired) electrons. The fraction of sp³-hybridized carbons (Fsp3) is 0.833. The highest BCUT2D eigenvalue weighted by Crippen LogP contribution is 2.31. The molecule has 2 N–H and O–H groups in total. The van der Waals surface area contributed by atoms with Gasteiger partial charge in [0, 0.05) is 12.5 Å². The summed E-state index contributed by atoms with van der Waals surface area (Å²) in [4.78, 5) is 0. The normalized spacial score (nSPS) is 30.4. The summed E-state index contributed by atoms with van der Waals surface area (Å²) in [6.45, 7) is 4.22. The average Bonchev–Trinajstić information content (AvgIpc) is 2.15. The minimum absolute atomic E-state index is 0.308. The molecule has 0 spiro atoms. The zero-order valence-corrected chi connectivity index (χ0v) is 8.84.